The molecule has 1 aliphatic rings. The lowest BCUT2D eigenvalue weighted by Gasteiger charge is -2.26. The number of likely N-dealkylation sites (tertiary alicyclic amines) is 1. The number of nitrogens with zero attached hydrogens (tertiary/aromatic N) is 1. The zero-order valence-corrected chi connectivity index (χ0v) is 11.6. The van der Waals surface area contributed by atoms with Crippen molar-refractivity contribution >= 4 is 12.0 Å². The average Bonchev–Trinajstić information content (AvgIpc) is 2.46. The molecule has 1 saturated heterocycles. The Morgan fingerprint density at radius 2 is 2.10 bits per heavy atom. The third-order valence-corrected chi connectivity index (χ3v) is 3.40. The van der Waals surface area contributed by atoms with Crippen LogP contribution in [0.5, 0.6) is 11.5 Å². The third-order valence-electron chi connectivity index (χ3n) is 3.40. The van der Waals surface area contributed by atoms with Crippen LogP contribution in [0.1, 0.15) is 18.4 Å². The van der Waals surface area contributed by atoms with Crippen molar-refractivity contribution in [1.29, 1.82) is 0 Å². The normalized spacial score (nSPS) is 15.7. The molecule has 1 fully saturated rings. The number of carbonyl (C=O) groups excluding carboxylic acids is 1. The van der Waals surface area contributed by atoms with Crippen molar-refractivity contribution in [2.75, 3.05) is 20.2 Å². The molecule has 0 saturated carbocycles. The molecule has 1 N–H and O–H groups in total. The maximum atomic E-state index is 12.0. The summed E-state index contributed by atoms with van der Waals surface area (Å²) in [6, 6.07) is 4.98. The Labute approximate surface area is 119 Å². The predicted molar refractivity (Wildman–Crippen MR) is 78.6 cm³/mol. The van der Waals surface area contributed by atoms with Crippen LogP contribution in [0.25, 0.3) is 6.08 Å². The average molecular weight is 273 g/mol. The van der Waals surface area contributed by atoms with Crippen LogP contribution < -0.4 is 4.74 Å². The molecule has 0 aliphatic carbocycles. The first kappa shape index (κ1) is 14.2. The highest BCUT2D eigenvalue weighted by atomic mass is 16.5. The monoisotopic (exact) mass is 273 g/mol. The molecule has 0 atom stereocenters. The van der Waals surface area contributed by atoms with Crippen molar-refractivity contribution in [3.8, 4) is 11.5 Å². The van der Waals surface area contributed by atoms with Gasteiger partial charge in [-0.25, -0.2) is 0 Å². The topological polar surface area (TPSA) is 49.8 Å². The van der Waals surface area contributed by atoms with Gasteiger partial charge in [0.05, 0.1) is 7.11 Å². The first-order chi connectivity index (χ1) is 9.60. The van der Waals surface area contributed by atoms with Crippen LogP contribution in [0.3, 0.4) is 0 Å². The van der Waals surface area contributed by atoms with Gasteiger partial charge in [0.1, 0.15) is 0 Å². The van der Waals surface area contributed by atoms with Gasteiger partial charge in [-0.05, 0) is 36.6 Å². The Morgan fingerprint density at radius 1 is 1.40 bits per heavy atom. The molecule has 1 aromatic rings. The Kier molecular flexibility index (Phi) is 4.45. The highest BCUT2D eigenvalue weighted by Crippen LogP contribution is 2.26. The molecule has 1 aromatic carbocycles. The minimum absolute atomic E-state index is 0.00421. The number of carbonyl (C=O) groups is 1. The van der Waals surface area contributed by atoms with Crippen LogP contribution in [0.2, 0.25) is 0 Å². The Bertz CT molecular complexity index is 539. The van der Waals surface area contributed by atoms with Crippen molar-refractivity contribution < 1.29 is 14.6 Å². The van der Waals surface area contributed by atoms with Crippen molar-refractivity contribution in [3.05, 3.63) is 42.0 Å². The fourth-order valence-corrected chi connectivity index (χ4v) is 2.11. The van der Waals surface area contributed by atoms with E-state index < -0.39 is 0 Å². The maximum absolute atomic E-state index is 12.0. The van der Waals surface area contributed by atoms with Crippen molar-refractivity contribution in [3.63, 3.8) is 0 Å². The van der Waals surface area contributed by atoms with Gasteiger partial charge in [0, 0.05) is 19.2 Å². The molecule has 1 heterocycles. The maximum Gasteiger partial charge on any atom is 0.246 e. The highest BCUT2D eigenvalue weighted by Gasteiger charge is 2.15. The van der Waals surface area contributed by atoms with E-state index in [0.29, 0.717) is 5.75 Å². The summed E-state index contributed by atoms with van der Waals surface area (Å²) in [4.78, 5) is 13.9. The molecule has 0 radical (unpaired) electrons. The fraction of sp³-hybridized carbons (Fsp3) is 0.312. The summed E-state index contributed by atoms with van der Waals surface area (Å²) in [7, 11) is 1.49. The summed E-state index contributed by atoms with van der Waals surface area (Å²) < 4.78 is 5.03. The van der Waals surface area contributed by atoms with E-state index >= 15 is 0 Å². The van der Waals surface area contributed by atoms with Crippen LogP contribution in [0.4, 0.5) is 0 Å². The zero-order chi connectivity index (χ0) is 14.5. The molecule has 106 valence electrons. The van der Waals surface area contributed by atoms with Crippen LogP contribution in [-0.4, -0.2) is 36.1 Å². The summed E-state index contributed by atoms with van der Waals surface area (Å²) in [5.74, 6) is 0.490. The molecule has 0 unspecified atom stereocenters. The van der Waals surface area contributed by atoms with Gasteiger partial charge in [0.25, 0.3) is 0 Å². The molecule has 2 rings (SSSR count). The second-order valence-electron chi connectivity index (χ2n) is 4.84. The van der Waals surface area contributed by atoms with Crippen molar-refractivity contribution in [2.24, 2.45) is 0 Å². The van der Waals surface area contributed by atoms with Gasteiger partial charge in [-0.15, -0.1) is 0 Å². The highest BCUT2D eigenvalue weighted by molar-refractivity contribution is 5.92. The van der Waals surface area contributed by atoms with E-state index in [-0.39, 0.29) is 11.7 Å². The Hall–Kier alpha value is -2.23. The van der Waals surface area contributed by atoms with Gasteiger partial charge in [-0.3, -0.25) is 4.79 Å². The van der Waals surface area contributed by atoms with E-state index in [9.17, 15) is 9.90 Å². The number of amides is 1. The fourth-order valence-electron chi connectivity index (χ4n) is 2.11. The number of methoxy groups -OCH3 is 1. The van der Waals surface area contributed by atoms with E-state index in [1.807, 2.05) is 4.90 Å². The quantitative estimate of drug-likeness (QED) is 0.680. The number of phenols is 1. The van der Waals surface area contributed by atoms with Gasteiger partial charge in [0.15, 0.2) is 11.5 Å². The van der Waals surface area contributed by atoms with Crippen LogP contribution in [0.15, 0.2) is 36.4 Å². The molecule has 1 amide bonds. The molecule has 0 bridgehead atoms. The third kappa shape index (κ3) is 3.41. The minimum atomic E-state index is 0.00421. The number of hydrogen-bond acceptors (Lipinski definition) is 3. The molecule has 0 aromatic heterocycles. The van der Waals surface area contributed by atoms with Crippen molar-refractivity contribution in [2.45, 2.75) is 12.8 Å². The summed E-state index contributed by atoms with van der Waals surface area (Å²) in [6.45, 7) is 5.41. The molecule has 20 heavy (non-hydrogen) atoms. The molecular weight excluding hydrogens is 254 g/mol. The first-order valence-corrected chi connectivity index (χ1v) is 6.61. The summed E-state index contributed by atoms with van der Waals surface area (Å²) in [5, 5.41) is 9.51. The number of piperidine rings is 1. The van der Waals surface area contributed by atoms with Crippen LogP contribution >= 0.6 is 0 Å². The lowest BCUT2D eigenvalue weighted by atomic mass is 10.1. The van der Waals surface area contributed by atoms with Gasteiger partial charge < -0.3 is 14.7 Å². The van der Waals surface area contributed by atoms with Gasteiger partial charge >= 0.3 is 0 Å². The number of phenolic OH excluding ortho intramolecular Hbond substituents is 1. The van der Waals surface area contributed by atoms with Gasteiger partial charge in [-0.1, -0.05) is 18.2 Å². The molecule has 4 nitrogen and oxygen atoms in total. The number of hydrogen-bond donors (Lipinski definition) is 1. The van der Waals surface area contributed by atoms with Crippen molar-refractivity contribution in [1.82, 2.24) is 4.90 Å². The van der Waals surface area contributed by atoms with E-state index in [4.69, 9.17) is 4.74 Å². The van der Waals surface area contributed by atoms with E-state index in [1.165, 1.54) is 12.7 Å². The smallest absolute Gasteiger partial charge is 0.246 e. The Morgan fingerprint density at radius 3 is 2.75 bits per heavy atom. The van der Waals surface area contributed by atoms with Crippen LogP contribution in [-0.2, 0) is 4.79 Å². The minimum Gasteiger partial charge on any atom is -0.504 e. The molecule has 1 aliphatic heterocycles. The number of aromatic hydroxyl groups is 1. The largest absolute Gasteiger partial charge is 0.504 e. The summed E-state index contributed by atoms with van der Waals surface area (Å²) in [6.07, 6.45) is 5.05. The number of benzene rings is 1. The molecule has 0 spiro atoms. The van der Waals surface area contributed by atoms with Crippen LogP contribution in [0, 0.1) is 0 Å². The van der Waals surface area contributed by atoms with E-state index in [2.05, 4.69) is 6.58 Å². The second kappa shape index (κ2) is 6.28. The molecular formula is C16H19NO3. The number of rotatable bonds is 3. The van der Waals surface area contributed by atoms with Gasteiger partial charge in [0.2, 0.25) is 5.91 Å². The lowest BCUT2D eigenvalue weighted by Crippen LogP contribution is -2.34. The summed E-state index contributed by atoms with van der Waals surface area (Å²) in [5.41, 5.74) is 2.02. The standard InChI is InChI=1S/C16H19NO3/c1-12-7-9-17(10-8-12)16(19)6-4-13-3-5-14(18)15(11-13)20-2/h3-6,11,18H,1,7-10H2,2H3/b6-4+. The zero-order valence-electron chi connectivity index (χ0n) is 11.6. The lowest BCUT2D eigenvalue weighted by molar-refractivity contribution is -0.126. The van der Waals surface area contributed by atoms with E-state index in [1.54, 1.807) is 30.4 Å². The molecule has 4 heteroatoms. The second-order valence-corrected chi connectivity index (χ2v) is 4.84. The first-order valence-electron chi connectivity index (χ1n) is 6.61. The Balaban J connectivity index is 2.01. The SMILES string of the molecule is C=C1CCN(C(=O)/C=C/c2ccc(O)c(OC)c2)CC1. The van der Waals surface area contributed by atoms with E-state index in [0.717, 1.165) is 31.5 Å². The summed E-state index contributed by atoms with van der Waals surface area (Å²) >= 11 is 0. The van der Waals surface area contributed by atoms with Gasteiger partial charge in [-0.2, -0.15) is 0 Å². The number of ether oxygens (including phenoxy) is 1. The predicted octanol–water partition coefficient (Wildman–Crippen LogP) is 2.59.